The number of methoxy groups -OCH3 is 1. The van der Waals surface area contributed by atoms with Gasteiger partial charge in [-0.25, -0.2) is 4.79 Å². The second kappa shape index (κ2) is 6.16. The second-order valence-corrected chi connectivity index (χ2v) is 6.65. The number of para-hydroxylation sites is 1. The van der Waals surface area contributed by atoms with Gasteiger partial charge < -0.3 is 15.2 Å². The Kier molecular flexibility index (Phi) is 4.66. The molecule has 1 heterocycles. The normalized spacial score (nSPS) is 21.2. The summed E-state index contributed by atoms with van der Waals surface area (Å²) in [5.41, 5.74) is 5.88. The number of rotatable bonds is 4. The maximum absolute atomic E-state index is 12.5. The molecule has 1 saturated heterocycles. The molecule has 1 aliphatic rings. The molecule has 22 heavy (non-hydrogen) atoms. The molecule has 0 aromatic heterocycles. The van der Waals surface area contributed by atoms with Crippen molar-refractivity contribution in [1.29, 1.82) is 0 Å². The number of likely N-dealkylation sites (tertiary alicyclic amines) is 1. The first-order valence-electron chi connectivity index (χ1n) is 7.68. The highest BCUT2D eigenvalue weighted by molar-refractivity contribution is 5.71. The van der Waals surface area contributed by atoms with Crippen LogP contribution in [0.3, 0.4) is 0 Å². The molecule has 1 atom stereocenters. The van der Waals surface area contributed by atoms with Gasteiger partial charge in [-0.1, -0.05) is 18.2 Å². The summed E-state index contributed by atoms with van der Waals surface area (Å²) in [6.07, 6.45) is 1.26. The van der Waals surface area contributed by atoms with Crippen LogP contribution >= 0.6 is 0 Å². The molecule has 0 saturated carbocycles. The number of benzene rings is 1. The van der Waals surface area contributed by atoms with Crippen LogP contribution in [0, 0.1) is 0 Å². The number of carbonyl (C=O) groups excluding carboxylic acids is 1. The smallest absolute Gasteiger partial charge is 0.411 e. The quantitative estimate of drug-likeness (QED) is 0.929. The summed E-state index contributed by atoms with van der Waals surface area (Å²) < 4.78 is 11.0. The maximum atomic E-state index is 12.5. The van der Waals surface area contributed by atoms with Crippen molar-refractivity contribution in [3.63, 3.8) is 0 Å². The highest BCUT2D eigenvalue weighted by Crippen LogP contribution is 2.47. The van der Waals surface area contributed by atoms with E-state index in [4.69, 9.17) is 15.2 Å². The van der Waals surface area contributed by atoms with Gasteiger partial charge in [0.25, 0.3) is 0 Å². The molecule has 0 radical (unpaired) electrons. The second-order valence-electron chi connectivity index (χ2n) is 6.65. The standard InChI is InChI=1S/C17H26N2O3/c1-16(2,3)22-15(20)19-12-10-17(19,9-11-18)13-7-5-6-8-14(13)21-4/h5-8H,9-12,18H2,1-4H3. The minimum atomic E-state index is -0.512. The lowest BCUT2D eigenvalue weighted by molar-refractivity contribution is -0.0511. The SMILES string of the molecule is COc1ccccc1C1(CCN)CCN1C(=O)OC(C)(C)C. The van der Waals surface area contributed by atoms with E-state index in [1.165, 1.54) is 0 Å². The lowest BCUT2D eigenvalue weighted by Crippen LogP contribution is -2.61. The van der Waals surface area contributed by atoms with E-state index in [0.29, 0.717) is 19.5 Å². The Labute approximate surface area is 132 Å². The fourth-order valence-corrected chi connectivity index (χ4v) is 3.02. The molecule has 0 bridgehead atoms. The molecule has 0 aliphatic carbocycles. The van der Waals surface area contributed by atoms with E-state index in [1.807, 2.05) is 45.0 Å². The lowest BCUT2D eigenvalue weighted by Gasteiger charge is -2.53. The highest BCUT2D eigenvalue weighted by Gasteiger charge is 2.50. The average Bonchev–Trinajstić information content (AvgIpc) is 2.41. The van der Waals surface area contributed by atoms with E-state index in [0.717, 1.165) is 17.7 Å². The van der Waals surface area contributed by atoms with Crippen molar-refractivity contribution >= 4 is 6.09 Å². The molecule has 1 unspecified atom stereocenters. The molecule has 2 N–H and O–H groups in total. The molecule has 122 valence electrons. The van der Waals surface area contributed by atoms with Crippen molar-refractivity contribution in [2.24, 2.45) is 5.73 Å². The number of hydrogen-bond donors (Lipinski definition) is 1. The summed E-state index contributed by atoms with van der Waals surface area (Å²) in [5, 5.41) is 0. The zero-order chi connectivity index (χ0) is 16.4. The van der Waals surface area contributed by atoms with E-state index in [-0.39, 0.29) is 6.09 Å². The number of carbonyl (C=O) groups is 1. The molecule has 1 fully saturated rings. The Morgan fingerprint density at radius 1 is 1.36 bits per heavy atom. The van der Waals surface area contributed by atoms with Gasteiger partial charge in [0.2, 0.25) is 0 Å². The minimum absolute atomic E-state index is 0.293. The topological polar surface area (TPSA) is 64.8 Å². The van der Waals surface area contributed by atoms with Crippen LogP contribution in [-0.2, 0) is 10.3 Å². The van der Waals surface area contributed by atoms with Gasteiger partial charge in [-0.15, -0.1) is 0 Å². The van der Waals surface area contributed by atoms with E-state index >= 15 is 0 Å². The van der Waals surface area contributed by atoms with E-state index in [9.17, 15) is 4.79 Å². The van der Waals surface area contributed by atoms with Gasteiger partial charge in [0, 0.05) is 12.1 Å². The summed E-state index contributed by atoms with van der Waals surface area (Å²) in [7, 11) is 1.64. The van der Waals surface area contributed by atoms with E-state index in [1.54, 1.807) is 12.0 Å². The summed E-state index contributed by atoms with van der Waals surface area (Å²) in [6.45, 7) is 6.79. The zero-order valence-corrected chi connectivity index (χ0v) is 13.9. The largest absolute Gasteiger partial charge is 0.496 e. The predicted molar refractivity (Wildman–Crippen MR) is 85.9 cm³/mol. The van der Waals surface area contributed by atoms with E-state index in [2.05, 4.69) is 0 Å². The Morgan fingerprint density at radius 3 is 2.55 bits per heavy atom. The van der Waals surface area contributed by atoms with Crippen LogP contribution in [0.15, 0.2) is 24.3 Å². The molecule has 5 heteroatoms. The third kappa shape index (κ3) is 3.04. The van der Waals surface area contributed by atoms with Crippen LogP contribution in [0.1, 0.15) is 39.2 Å². The number of hydrogen-bond acceptors (Lipinski definition) is 4. The average molecular weight is 306 g/mol. The molecule has 1 aliphatic heterocycles. The van der Waals surface area contributed by atoms with Crippen molar-refractivity contribution in [3.8, 4) is 5.75 Å². The van der Waals surface area contributed by atoms with Gasteiger partial charge in [0.05, 0.1) is 12.6 Å². The molecule has 1 aromatic rings. The third-order valence-electron chi connectivity index (χ3n) is 4.05. The summed E-state index contributed by atoms with van der Waals surface area (Å²) >= 11 is 0. The van der Waals surface area contributed by atoms with Gasteiger partial charge in [0.15, 0.2) is 0 Å². The fraction of sp³-hybridized carbons (Fsp3) is 0.588. The number of ether oxygens (including phenoxy) is 2. The molecule has 5 nitrogen and oxygen atoms in total. The molecule has 1 amide bonds. The molecule has 0 spiro atoms. The van der Waals surface area contributed by atoms with Crippen LogP contribution in [0.2, 0.25) is 0 Å². The van der Waals surface area contributed by atoms with Gasteiger partial charge in [-0.3, -0.25) is 4.90 Å². The van der Waals surface area contributed by atoms with Crippen LogP contribution in [0.4, 0.5) is 4.79 Å². The Morgan fingerprint density at radius 2 is 2.05 bits per heavy atom. The van der Waals surface area contributed by atoms with Crippen molar-refractivity contribution in [1.82, 2.24) is 4.90 Å². The van der Waals surface area contributed by atoms with Gasteiger partial charge in [-0.2, -0.15) is 0 Å². The number of nitrogens with zero attached hydrogens (tertiary/aromatic N) is 1. The zero-order valence-electron chi connectivity index (χ0n) is 13.9. The van der Waals surface area contributed by atoms with Crippen LogP contribution in [-0.4, -0.2) is 36.8 Å². The van der Waals surface area contributed by atoms with E-state index < -0.39 is 11.1 Å². The lowest BCUT2D eigenvalue weighted by atomic mass is 9.75. The Hall–Kier alpha value is -1.75. The van der Waals surface area contributed by atoms with Crippen LogP contribution < -0.4 is 10.5 Å². The van der Waals surface area contributed by atoms with Crippen LogP contribution in [0.25, 0.3) is 0 Å². The van der Waals surface area contributed by atoms with Crippen molar-refractivity contribution in [3.05, 3.63) is 29.8 Å². The summed E-state index contributed by atoms with van der Waals surface area (Å²) in [5.74, 6) is 0.782. The van der Waals surface area contributed by atoms with Crippen molar-refractivity contribution in [2.45, 2.75) is 44.8 Å². The molecule has 1 aromatic carbocycles. The molecular weight excluding hydrogens is 280 g/mol. The molecular formula is C17H26N2O3. The minimum Gasteiger partial charge on any atom is -0.496 e. The third-order valence-corrected chi connectivity index (χ3v) is 4.05. The fourth-order valence-electron chi connectivity index (χ4n) is 3.02. The van der Waals surface area contributed by atoms with Crippen molar-refractivity contribution in [2.75, 3.05) is 20.2 Å². The van der Waals surface area contributed by atoms with Gasteiger partial charge in [0.1, 0.15) is 11.4 Å². The summed E-state index contributed by atoms with van der Waals surface area (Å²) in [6, 6.07) is 7.81. The first kappa shape index (κ1) is 16.6. The van der Waals surface area contributed by atoms with Gasteiger partial charge >= 0.3 is 6.09 Å². The first-order chi connectivity index (χ1) is 10.3. The first-order valence-corrected chi connectivity index (χ1v) is 7.68. The Bertz CT molecular complexity index is 539. The summed E-state index contributed by atoms with van der Waals surface area (Å²) in [4.78, 5) is 14.3. The number of nitrogens with two attached hydrogens (primary N) is 1. The molecule has 2 rings (SSSR count). The number of amides is 1. The van der Waals surface area contributed by atoms with Crippen molar-refractivity contribution < 1.29 is 14.3 Å². The Balaban J connectivity index is 2.35. The van der Waals surface area contributed by atoms with Gasteiger partial charge in [-0.05, 0) is 46.2 Å². The van der Waals surface area contributed by atoms with Crippen LogP contribution in [0.5, 0.6) is 5.75 Å². The maximum Gasteiger partial charge on any atom is 0.411 e. The monoisotopic (exact) mass is 306 g/mol. The highest BCUT2D eigenvalue weighted by atomic mass is 16.6. The predicted octanol–water partition coefficient (Wildman–Crippen LogP) is 2.88.